The van der Waals surface area contributed by atoms with Crippen LogP contribution >= 0.6 is 0 Å². The molecule has 13 heteroatoms. The predicted molar refractivity (Wildman–Crippen MR) is 217 cm³/mol. The summed E-state index contributed by atoms with van der Waals surface area (Å²) in [6.07, 6.45) is 3.10. The van der Waals surface area contributed by atoms with E-state index >= 15 is 0 Å². The van der Waals surface area contributed by atoms with Gasteiger partial charge in [-0.05, 0) is 73.2 Å². The fraction of sp³-hybridized carbons (Fsp3) is 0.477. The van der Waals surface area contributed by atoms with Gasteiger partial charge in [0, 0.05) is 42.8 Å². The van der Waals surface area contributed by atoms with Crippen LogP contribution in [0, 0.1) is 10.1 Å². The Morgan fingerprint density at radius 2 is 1.58 bits per heavy atom. The average molecular weight is 791 g/mol. The molecule has 1 N–H and O–H groups in total. The number of aldehydes is 1. The first-order valence-electron chi connectivity index (χ1n) is 19.5. The van der Waals surface area contributed by atoms with Gasteiger partial charge in [0.05, 0.1) is 72.2 Å². The normalized spacial score (nSPS) is 17.2. The summed E-state index contributed by atoms with van der Waals surface area (Å²) in [4.78, 5) is 25.5. The third-order valence-corrected chi connectivity index (χ3v) is 9.66. The number of nitrogens with zero attached hydrogens (tertiary/aromatic N) is 2. The number of carbonyl (C=O) groups excluding carboxylic acids is 1. The second-order valence-corrected chi connectivity index (χ2v) is 13.9. The minimum atomic E-state index is -0.832. The lowest BCUT2D eigenvalue weighted by atomic mass is 9.84. The highest BCUT2D eigenvalue weighted by atomic mass is 16.9. The van der Waals surface area contributed by atoms with E-state index < -0.39 is 11.2 Å². The molecule has 1 heterocycles. The molecular weight excluding hydrogens is 732 g/mol. The quantitative estimate of drug-likeness (QED) is 0.0351. The number of aliphatic hydroxyl groups is 1. The van der Waals surface area contributed by atoms with Crippen LogP contribution in [-0.2, 0) is 37.1 Å². The zero-order chi connectivity index (χ0) is 40.8. The zero-order valence-corrected chi connectivity index (χ0v) is 33.6. The highest BCUT2D eigenvalue weighted by Gasteiger charge is 2.38. The molecule has 1 fully saturated rings. The van der Waals surface area contributed by atoms with E-state index in [1.807, 2.05) is 55.5 Å². The van der Waals surface area contributed by atoms with Gasteiger partial charge in [-0.15, -0.1) is 10.1 Å². The fourth-order valence-corrected chi connectivity index (χ4v) is 6.65. The maximum atomic E-state index is 10.3. The lowest BCUT2D eigenvalue weighted by molar-refractivity contribution is -0.757. The Balaban J connectivity index is 0.000000635. The van der Waals surface area contributed by atoms with E-state index in [2.05, 4.69) is 53.2 Å². The Kier molecular flexibility index (Phi) is 19.5. The Labute approximate surface area is 335 Å². The van der Waals surface area contributed by atoms with Crippen molar-refractivity contribution in [3.05, 3.63) is 112 Å². The first-order valence-corrected chi connectivity index (χ1v) is 19.5. The highest BCUT2D eigenvalue weighted by molar-refractivity contribution is 5.89. The minimum Gasteiger partial charge on any atom is -0.496 e. The number of rotatable bonds is 23. The van der Waals surface area contributed by atoms with Crippen LogP contribution in [0.3, 0.4) is 0 Å². The lowest BCUT2D eigenvalue weighted by Gasteiger charge is -2.42. The number of hydrogen-bond donors (Lipinski definition) is 1. The van der Waals surface area contributed by atoms with Crippen molar-refractivity contribution in [3.63, 3.8) is 0 Å². The number of hydrogen-bond acceptors (Lipinski definition) is 12. The molecule has 0 aliphatic carbocycles. The third kappa shape index (κ3) is 14.9. The highest BCUT2D eigenvalue weighted by Crippen LogP contribution is 2.35. The molecule has 1 saturated heterocycles. The van der Waals surface area contributed by atoms with Gasteiger partial charge in [-0.1, -0.05) is 61.5 Å². The van der Waals surface area contributed by atoms with E-state index in [1.165, 1.54) is 0 Å². The summed E-state index contributed by atoms with van der Waals surface area (Å²) in [6, 6.07) is 28.6. The summed E-state index contributed by atoms with van der Waals surface area (Å²) in [6.45, 7) is 5.95. The van der Waals surface area contributed by atoms with Gasteiger partial charge < -0.3 is 48.1 Å². The Morgan fingerprint density at radius 1 is 0.860 bits per heavy atom. The van der Waals surface area contributed by atoms with E-state index in [1.54, 1.807) is 14.2 Å². The number of ether oxygens (including phenoxy) is 6. The number of carbonyl (C=O) groups is 1. The number of piperidine rings is 1. The van der Waals surface area contributed by atoms with Gasteiger partial charge in [0.25, 0.3) is 5.09 Å². The lowest BCUT2D eigenvalue weighted by Crippen LogP contribution is -2.51. The van der Waals surface area contributed by atoms with Crippen molar-refractivity contribution in [1.29, 1.82) is 0 Å². The molecule has 310 valence electrons. The maximum absolute atomic E-state index is 10.3. The molecule has 5 rings (SSSR count). The molecule has 0 saturated carbocycles. The van der Waals surface area contributed by atoms with Crippen LogP contribution in [0.15, 0.2) is 84.9 Å². The van der Waals surface area contributed by atoms with E-state index in [4.69, 9.17) is 28.4 Å². The largest absolute Gasteiger partial charge is 0.496 e. The monoisotopic (exact) mass is 790 g/mol. The first-order chi connectivity index (χ1) is 27.8. The van der Waals surface area contributed by atoms with Gasteiger partial charge >= 0.3 is 0 Å². The molecule has 0 bridgehead atoms. The average Bonchev–Trinajstić information content (AvgIpc) is 3.23. The number of likely N-dealkylation sites (N-methyl/N-ethyl adjacent to an activating group) is 1. The number of fused-ring (bicyclic) bond motifs is 1. The molecule has 4 atom stereocenters. The molecule has 13 nitrogen and oxygen atoms in total. The van der Waals surface area contributed by atoms with Crippen molar-refractivity contribution < 1.29 is 48.2 Å². The molecule has 0 spiro atoms. The van der Waals surface area contributed by atoms with Crippen LogP contribution in [0.25, 0.3) is 10.8 Å². The fourth-order valence-electron chi connectivity index (χ4n) is 6.65. The molecule has 0 aromatic heterocycles. The minimum absolute atomic E-state index is 0.0185. The Bertz CT molecular complexity index is 1770. The molecule has 1 aliphatic rings. The van der Waals surface area contributed by atoms with E-state index in [9.17, 15) is 20.0 Å². The van der Waals surface area contributed by atoms with Crippen LogP contribution in [0.4, 0.5) is 0 Å². The Hall–Kier alpha value is -4.79. The van der Waals surface area contributed by atoms with Crippen LogP contribution in [0.1, 0.15) is 61.6 Å². The molecule has 1 aliphatic heterocycles. The van der Waals surface area contributed by atoms with E-state index in [0.29, 0.717) is 58.7 Å². The van der Waals surface area contributed by atoms with E-state index in [0.717, 1.165) is 70.5 Å². The number of unbranched alkanes of at least 4 members (excludes halogenated alkanes) is 2. The summed E-state index contributed by atoms with van der Waals surface area (Å²) in [5.41, 5.74) is 3.22. The number of likely N-dealkylation sites (tertiary alicyclic amines) is 1. The summed E-state index contributed by atoms with van der Waals surface area (Å²) < 4.78 is 36.1. The topological polar surface area (TPSA) is 148 Å². The van der Waals surface area contributed by atoms with Crippen molar-refractivity contribution in [1.82, 2.24) is 4.90 Å². The van der Waals surface area contributed by atoms with Gasteiger partial charge in [-0.25, -0.2) is 0 Å². The molecule has 57 heavy (non-hydrogen) atoms. The number of aliphatic hydroxyl groups excluding tert-OH is 1. The van der Waals surface area contributed by atoms with Crippen LogP contribution in [0.2, 0.25) is 0 Å². The molecular formula is C44H58N2O11. The summed E-state index contributed by atoms with van der Waals surface area (Å²) in [5, 5.41) is 21.2. The first kappa shape index (κ1) is 44.9. The van der Waals surface area contributed by atoms with E-state index in [-0.39, 0.29) is 24.7 Å². The van der Waals surface area contributed by atoms with Crippen LogP contribution in [-0.4, -0.2) is 100 Å². The second kappa shape index (κ2) is 24.8. The second-order valence-electron chi connectivity index (χ2n) is 13.9. The predicted octanol–water partition coefficient (Wildman–Crippen LogP) is 7.18. The molecule has 4 aromatic carbocycles. The maximum Gasteiger partial charge on any atom is 0.294 e. The van der Waals surface area contributed by atoms with Gasteiger partial charge in [-0.3, -0.25) is 0 Å². The third-order valence-electron chi connectivity index (χ3n) is 9.66. The number of benzene rings is 4. The van der Waals surface area contributed by atoms with Crippen molar-refractivity contribution in [2.45, 2.75) is 76.5 Å². The molecule has 0 radical (unpaired) electrons. The zero-order valence-electron chi connectivity index (χ0n) is 33.6. The van der Waals surface area contributed by atoms with Crippen LogP contribution in [0.5, 0.6) is 17.2 Å². The summed E-state index contributed by atoms with van der Waals surface area (Å²) in [5.74, 6) is 2.47. The van der Waals surface area contributed by atoms with Gasteiger partial charge in [0.2, 0.25) is 0 Å². The Morgan fingerprint density at radius 3 is 2.30 bits per heavy atom. The molecule has 4 aromatic rings. The SMILES string of the molecule is CCC(O)COC1CN(C)CC(OCc2cc(OC)c3ccccc3c2)C1c1ccc(OCCCOCc2ccccc2OC)cc1.O=CCCCCO[N+](=O)[O-]. The smallest absolute Gasteiger partial charge is 0.294 e. The van der Waals surface area contributed by atoms with Crippen molar-refractivity contribution in [2.75, 3.05) is 60.8 Å². The van der Waals surface area contributed by atoms with Gasteiger partial charge in [0.1, 0.15) is 23.5 Å². The van der Waals surface area contributed by atoms with Crippen molar-refractivity contribution >= 4 is 17.1 Å². The van der Waals surface area contributed by atoms with Crippen LogP contribution < -0.4 is 14.2 Å². The summed E-state index contributed by atoms with van der Waals surface area (Å²) >= 11 is 0. The standard InChI is InChI=1S/C39H49NO7.C5H9NO4/c1-5-32(41)27-47-38-24-40(2)23-37(46-25-28-21-30-11-6-8-13-34(30)36(22-28)43-4)39(38)29-15-17-33(18-16-29)45-20-10-19-44-26-31-12-7-9-14-35(31)42-3;7-4-2-1-3-5-10-6(8)9/h6-9,11-18,21-22,32,37-39,41H,5,10,19-20,23-27H2,1-4H3;4H,1-3,5H2. The number of methoxy groups -OCH3 is 2. The number of para-hydroxylation sites is 1. The van der Waals surface area contributed by atoms with Crippen molar-refractivity contribution in [3.8, 4) is 17.2 Å². The van der Waals surface area contributed by atoms with Crippen molar-refractivity contribution in [2.24, 2.45) is 0 Å². The molecule has 0 amide bonds. The summed E-state index contributed by atoms with van der Waals surface area (Å²) in [7, 11) is 5.47. The van der Waals surface area contributed by atoms with Gasteiger partial charge in [0.15, 0.2) is 0 Å². The van der Waals surface area contributed by atoms with Gasteiger partial charge in [-0.2, -0.15) is 0 Å². The molecule has 4 unspecified atom stereocenters.